The predicted molar refractivity (Wildman–Crippen MR) is 70.0 cm³/mol. The van der Waals surface area contributed by atoms with Crippen molar-refractivity contribution < 1.29 is 17.9 Å². The average Bonchev–Trinajstić information content (AvgIpc) is 2.38. The van der Waals surface area contributed by atoms with Crippen molar-refractivity contribution in [2.45, 2.75) is 12.9 Å². The summed E-state index contributed by atoms with van der Waals surface area (Å²) in [4.78, 5) is 0. The molecule has 0 radical (unpaired) electrons. The van der Waals surface area contributed by atoms with Gasteiger partial charge in [0, 0.05) is 12.2 Å². The van der Waals surface area contributed by atoms with E-state index in [0.29, 0.717) is 12.1 Å². The van der Waals surface area contributed by atoms with E-state index in [9.17, 15) is 13.2 Å². The molecule has 0 atom stereocenters. The van der Waals surface area contributed by atoms with E-state index in [0.717, 1.165) is 5.69 Å². The zero-order valence-electron chi connectivity index (χ0n) is 10.4. The molecule has 0 fully saturated rings. The summed E-state index contributed by atoms with van der Waals surface area (Å²) >= 11 is 0. The lowest BCUT2D eigenvalue weighted by Crippen LogP contribution is -2.21. The van der Waals surface area contributed by atoms with E-state index in [1.54, 1.807) is 6.07 Å². The molecule has 106 valence electrons. The Morgan fingerprint density at radius 1 is 0.950 bits per heavy atom. The molecule has 0 saturated carbocycles. The van der Waals surface area contributed by atoms with Crippen molar-refractivity contribution in [2.75, 3.05) is 5.43 Å². The molecular formula is C14H13F3N2O. The largest absolute Gasteiger partial charge is 0.573 e. The van der Waals surface area contributed by atoms with E-state index >= 15 is 0 Å². The van der Waals surface area contributed by atoms with E-state index < -0.39 is 6.36 Å². The van der Waals surface area contributed by atoms with Crippen LogP contribution in [0.1, 0.15) is 5.56 Å². The molecule has 0 aliphatic heterocycles. The summed E-state index contributed by atoms with van der Waals surface area (Å²) < 4.78 is 40.1. The summed E-state index contributed by atoms with van der Waals surface area (Å²) in [7, 11) is 0. The Hall–Kier alpha value is -2.21. The average molecular weight is 282 g/mol. The maximum absolute atomic E-state index is 12.1. The summed E-state index contributed by atoms with van der Waals surface area (Å²) in [5.74, 6) is -0.225. The van der Waals surface area contributed by atoms with Crippen LogP contribution in [0.25, 0.3) is 0 Å². The van der Waals surface area contributed by atoms with E-state index in [-0.39, 0.29) is 5.75 Å². The topological polar surface area (TPSA) is 33.3 Å². The quantitative estimate of drug-likeness (QED) is 0.820. The van der Waals surface area contributed by atoms with Crippen LogP contribution in [0.3, 0.4) is 0 Å². The number of anilines is 1. The van der Waals surface area contributed by atoms with Gasteiger partial charge < -0.3 is 10.2 Å². The van der Waals surface area contributed by atoms with Gasteiger partial charge in [0.1, 0.15) is 5.75 Å². The van der Waals surface area contributed by atoms with Crippen molar-refractivity contribution in [3.8, 4) is 5.75 Å². The standard InChI is InChI=1S/C14H13F3N2O/c15-14(16,17)20-13-8-4-5-11(9-13)10-18-19-12-6-2-1-3-7-12/h1-9,18-19H,10H2. The van der Waals surface area contributed by atoms with E-state index in [1.165, 1.54) is 18.2 Å². The van der Waals surface area contributed by atoms with E-state index in [2.05, 4.69) is 15.6 Å². The summed E-state index contributed by atoms with van der Waals surface area (Å²) in [6.07, 6.45) is -4.67. The van der Waals surface area contributed by atoms with Crippen LogP contribution in [-0.2, 0) is 6.54 Å². The molecule has 2 aromatic carbocycles. The molecule has 0 aromatic heterocycles. The molecule has 6 heteroatoms. The van der Waals surface area contributed by atoms with Gasteiger partial charge in [0.25, 0.3) is 0 Å². The van der Waals surface area contributed by atoms with Crippen molar-refractivity contribution in [1.82, 2.24) is 5.43 Å². The molecule has 0 heterocycles. The van der Waals surface area contributed by atoms with Gasteiger partial charge in [-0.05, 0) is 29.8 Å². The lowest BCUT2D eigenvalue weighted by atomic mass is 10.2. The maximum atomic E-state index is 12.1. The third-order valence-electron chi connectivity index (χ3n) is 2.43. The number of ether oxygens (including phenoxy) is 1. The Balaban J connectivity index is 1.88. The second kappa shape index (κ2) is 6.29. The van der Waals surface area contributed by atoms with Crippen molar-refractivity contribution in [3.05, 3.63) is 60.2 Å². The minimum atomic E-state index is -4.67. The summed E-state index contributed by atoms with van der Waals surface area (Å²) in [5.41, 5.74) is 7.42. The van der Waals surface area contributed by atoms with Crippen molar-refractivity contribution in [2.24, 2.45) is 0 Å². The van der Waals surface area contributed by atoms with Crippen LogP contribution in [0.15, 0.2) is 54.6 Å². The Labute approximate surface area is 114 Å². The minimum absolute atomic E-state index is 0.225. The van der Waals surface area contributed by atoms with Gasteiger partial charge in [0.15, 0.2) is 0 Å². The minimum Gasteiger partial charge on any atom is -0.406 e. The highest BCUT2D eigenvalue weighted by atomic mass is 19.4. The van der Waals surface area contributed by atoms with Crippen molar-refractivity contribution in [3.63, 3.8) is 0 Å². The number of hydrogen-bond acceptors (Lipinski definition) is 3. The van der Waals surface area contributed by atoms with Gasteiger partial charge in [-0.15, -0.1) is 13.2 Å². The number of halogens is 3. The molecule has 0 aliphatic carbocycles. The molecule has 0 amide bonds. The SMILES string of the molecule is FC(F)(F)Oc1cccc(CNNc2ccccc2)c1. The third-order valence-corrected chi connectivity index (χ3v) is 2.43. The predicted octanol–water partition coefficient (Wildman–Crippen LogP) is 3.70. The monoisotopic (exact) mass is 282 g/mol. The van der Waals surface area contributed by atoms with Crippen LogP contribution in [0.5, 0.6) is 5.75 Å². The number of hydrogen-bond donors (Lipinski definition) is 2. The Morgan fingerprint density at radius 2 is 1.70 bits per heavy atom. The fourth-order valence-electron chi connectivity index (χ4n) is 1.62. The van der Waals surface area contributed by atoms with Gasteiger partial charge in [-0.25, -0.2) is 5.43 Å². The number of rotatable bonds is 5. The maximum Gasteiger partial charge on any atom is 0.573 e. The lowest BCUT2D eigenvalue weighted by Gasteiger charge is -2.11. The van der Waals surface area contributed by atoms with Crippen LogP contribution < -0.4 is 15.6 Å². The van der Waals surface area contributed by atoms with Crippen LogP contribution in [-0.4, -0.2) is 6.36 Å². The van der Waals surface area contributed by atoms with Crippen LogP contribution >= 0.6 is 0 Å². The van der Waals surface area contributed by atoms with Crippen molar-refractivity contribution in [1.29, 1.82) is 0 Å². The molecule has 0 spiro atoms. The highest BCUT2D eigenvalue weighted by Gasteiger charge is 2.31. The normalized spacial score (nSPS) is 11.2. The van der Waals surface area contributed by atoms with Gasteiger partial charge >= 0.3 is 6.36 Å². The summed E-state index contributed by atoms with van der Waals surface area (Å²) in [6, 6.07) is 15.2. The zero-order chi connectivity index (χ0) is 14.4. The first-order chi connectivity index (χ1) is 9.53. The fourth-order valence-corrected chi connectivity index (χ4v) is 1.62. The van der Waals surface area contributed by atoms with E-state index in [4.69, 9.17) is 0 Å². The second-order valence-corrected chi connectivity index (χ2v) is 4.04. The second-order valence-electron chi connectivity index (χ2n) is 4.04. The number of hydrazine groups is 1. The molecule has 0 aliphatic rings. The van der Waals surface area contributed by atoms with Crippen molar-refractivity contribution >= 4 is 5.69 Å². The number of nitrogens with one attached hydrogen (secondary N) is 2. The molecule has 3 nitrogen and oxygen atoms in total. The molecule has 0 saturated heterocycles. The van der Waals surface area contributed by atoms with Gasteiger partial charge in [-0.2, -0.15) is 0 Å². The van der Waals surface area contributed by atoms with Crippen LogP contribution in [0.4, 0.5) is 18.9 Å². The first-order valence-electron chi connectivity index (χ1n) is 5.91. The molecule has 0 bridgehead atoms. The lowest BCUT2D eigenvalue weighted by molar-refractivity contribution is -0.274. The highest BCUT2D eigenvalue weighted by molar-refractivity contribution is 5.41. The van der Waals surface area contributed by atoms with Gasteiger partial charge in [-0.3, -0.25) is 0 Å². The number of para-hydroxylation sites is 1. The Bertz CT molecular complexity index is 544. The molecule has 20 heavy (non-hydrogen) atoms. The molecular weight excluding hydrogens is 269 g/mol. The first kappa shape index (κ1) is 14.2. The smallest absolute Gasteiger partial charge is 0.406 e. The highest BCUT2D eigenvalue weighted by Crippen LogP contribution is 2.23. The molecule has 0 unspecified atom stereocenters. The van der Waals surface area contributed by atoms with Gasteiger partial charge in [0.2, 0.25) is 0 Å². The Morgan fingerprint density at radius 3 is 2.40 bits per heavy atom. The summed E-state index contributed by atoms with van der Waals surface area (Å²) in [5, 5.41) is 0. The van der Waals surface area contributed by atoms with Gasteiger partial charge in [-0.1, -0.05) is 30.3 Å². The van der Waals surface area contributed by atoms with Crippen LogP contribution in [0.2, 0.25) is 0 Å². The van der Waals surface area contributed by atoms with E-state index in [1.807, 2.05) is 30.3 Å². The number of benzene rings is 2. The summed E-state index contributed by atoms with van der Waals surface area (Å²) in [6.45, 7) is 0.365. The fraction of sp³-hybridized carbons (Fsp3) is 0.143. The zero-order valence-corrected chi connectivity index (χ0v) is 10.4. The Kier molecular flexibility index (Phi) is 4.47. The molecule has 2 N–H and O–H groups in total. The van der Waals surface area contributed by atoms with Crippen LogP contribution in [0, 0.1) is 0 Å². The number of alkyl halides is 3. The van der Waals surface area contributed by atoms with Gasteiger partial charge in [0.05, 0.1) is 0 Å². The third kappa shape index (κ3) is 4.81. The molecule has 2 rings (SSSR count). The first-order valence-corrected chi connectivity index (χ1v) is 5.91. The molecule has 2 aromatic rings.